The lowest BCUT2D eigenvalue weighted by Crippen LogP contribution is -2.58. The first-order valence-electron chi connectivity index (χ1n) is 9.58. The molecule has 0 bridgehead atoms. The topological polar surface area (TPSA) is 82.2 Å². The summed E-state index contributed by atoms with van der Waals surface area (Å²) in [7, 11) is 0. The van der Waals surface area contributed by atoms with Crippen LogP contribution in [0.15, 0.2) is 30.9 Å². The minimum Gasteiger partial charge on any atom is -0.348 e. The summed E-state index contributed by atoms with van der Waals surface area (Å²) in [5.41, 5.74) is 2.82. The van der Waals surface area contributed by atoms with E-state index in [4.69, 9.17) is 0 Å². The van der Waals surface area contributed by atoms with E-state index in [1.165, 1.54) is 0 Å². The average Bonchev–Trinajstić information content (AvgIpc) is 3.18. The number of aromatic nitrogens is 3. The largest absolute Gasteiger partial charge is 0.348 e. The molecule has 142 valence electrons. The molecule has 2 aliphatic heterocycles. The van der Waals surface area contributed by atoms with Crippen LogP contribution in [0.4, 0.5) is 0 Å². The monoisotopic (exact) mass is 367 g/mol. The summed E-state index contributed by atoms with van der Waals surface area (Å²) in [4.78, 5) is 40.7. The van der Waals surface area contributed by atoms with Crippen molar-refractivity contribution in [3.05, 3.63) is 47.8 Å². The van der Waals surface area contributed by atoms with E-state index in [-0.39, 0.29) is 17.4 Å². The SMILES string of the molecule is CC(=O)N1CCc2[nH]cnc2C12CCN(C(=O)CCc1cccnc1)CC2. The van der Waals surface area contributed by atoms with Gasteiger partial charge in [-0.25, -0.2) is 4.98 Å². The van der Waals surface area contributed by atoms with Crippen molar-refractivity contribution in [3.8, 4) is 0 Å². The summed E-state index contributed by atoms with van der Waals surface area (Å²) >= 11 is 0. The van der Waals surface area contributed by atoms with Gasteiger partial charge in [-0.15, -0.1) is 0 Å². The lowest BCUT2D eigenvalue weighted by molar-refractivity contribution is -0.142. The number of aryl methyl sites for hydroxylation is 1. The van der Waals surface area contributed by atoms with Crippen LogP contribution >= 0.6 is 0 Å². The van der Waals surface area contributed by atoms with Crippen molar-refractivity contribution in [2.24, 2.45) is 0 Å². The van der Waals surface area contributed by atoms with Gasteiger partial charge in [0.15, 0.2) is 0 Å². The zero-order chi connectivity index (χ0) is 18.9. The van der Waals surface area contributed by atoms with E-state index in [0.29, 0.717) is 32.5 Å². The van der Waals surface area contributed by atoms with Crippen molar-refractivity contribution in [2.45, 2.75) is 44.6 Å². The highest BCUT2D eigenvalue weighted by molar-refractivity contribution is 5.77. The summed E-state index contributed by atoms with van der Waals surface area (Å²) in [6.45, 7) is 3.65. The van der Waals surface area contributed by atoms with Gasteiger partial charge in [0.25, 0.3) is 0 Å². The second-order valence-electron chi connectivity index (χ2n) is 7.42. The van der Waals surface area contributed by atoms with E-state index in [1.54, 1.807) is 19.4 Å². The van der Waals surface area contributed by atoms with E-state index < -0.39 is 0 Å². The van der Waals surface area contributed by atoms with Crippen LogP contribution in [0.2, 0.25) is 0 Å². The number of amides is 2. The number of hydrogen-bond acceptors (Lipinski definition) is 4. The highest BCUT2D eigenvalue weighted by Crippen LogP contribution is 2.42. The summed E-state index contributed by atoms with van der Waals surface area (Å²) in [5, 5.41) is 0. The van der Waals surface area contributed by atoms with Gasteiger partial charge < -0.3 is 14.8 Å². The standard InChI is InChI=1S/C20H25N5O2/c1-15(26)25-10-6-17-19(23-14-22-17)20(25)7-11-24(12-8-20)18(27)5-4-16-3-2-9-21-13-16/h2-3,9,13-14H,4-8,10-12H2,1H3,(H,22,23). The first-order chi connectivity index (χ1) is 13.1. The Morgan fingerprint density at radius 2 is 2.07 bits per heavy atom. The first kappa shape index (κ1) is 17.7. The third kappa shape index (κ3) is 3.22. The Morgan fingerprint density at radius 1 is 1.26 bits per heavy atom. The van der Waals surface area contributed by atoms with Crippen LogP contribution in [0.3, 0.4) is 0 Å². The maximum absolute atomic E-state index is 12.7. The number of imidazole rings is 1. The van der Waals surface area contributed by atoms with Gasteiger partial charge in [-0.2, -0.15) is 0 Å². The molecule has 4 rings (SSSR count). The Morgan fingerprint density at radius 3 is 2.78 bits per heavy atom. The lowest BCUT2D eigenvalue weighted by Gasteiger charge is -2.50. The van der Waals surface area contributed by atoms with Gasteiger partial charge in [0.05, 0.1) is 17.6 Å². The fourth-order valence-corrected chi connectivity index (χ4v) is 4.53. The van der Waals surface area contributed by atoms with Crippen molar-refractivity contribution in [3.63, 3.8) is 0 Å². The smallest absolute Gasteiger partial charge is 0.222 e. The summed E-state index contributed by atoms with van der Waals surface area (Å²) in [5.74, 6) is 0.251. The number of fused-ring (bicyclic) bond motifs is 2. The third-order valence-electron chi connectivity index (χ3n) is 5.93. The molecule has 1 saturated heterocycles. The summed E-state index contributed by atoms with van der Waals surface area (Å²) < 4.78 is 0. The first-order valence-corrected chi connectivity index (χ1v) is 9.58. The van der Waals surface area contributed by atoms with Crippen molar-refractivity contribution < 1.29 is 9.59 Å². The normalized spacial score (nSPS) is 18.4. The van der Waals surface area contributed by atoms with Gasteiger partial charge in [-0.3, -0.25) is 14.6 Å². The zero-order valence-corrected chi connectivity index (χ0v) is 15.6. The molecule has 0 saturated carbocycles. The quantitative estimate of drug-likeness (QED) is 0.894. The van der Waals surface area contributed by atoms with E-state index in [9.17, 15) is 9.59 Å². The predicted octanol–water partition coefficient (Wildman–Crippen LogP) is 1.66. The number of rotatable bonds is 3. The maximum atomic E-state index is 12.7. The Labute approximate surface area is 158 Å². The average molecular weight is 367 g/mol. The van der Waals surface area contributed by atoms with Gasteiger partial charge in [-0.05, 0) is 30.9 Å². The molecule has 2 amide bonds. The summed E-state index contributed by atoms with van der Waals surface area (Å²) in [6, 6.07) is 3.89. The number of hydrogen-bond donors (Lipinski definition) is 1. The molecule has 27 heavy (non-hydrogen) atoms. The van der Waals surface area contributed by atoms with Gasteiger partial charge in [0.1, 0.15) is 0 Å². The van der Waals surface area contributed by atoms with Gasteiger partial charge in [-0.1, -0.05) is 6.07 Å². The molecule has 1 fully saturated rings. The Hall–Kier alpha value is -2.70. The fraction of sp³-hybridized carbons (Fsp3) is 0.500. The van der Waals surface area contributed by atoms with E-state index in [0.717, 1.165) is 36.2 Å². The minimum absolute atomic E-state index is 0.0833. The number of likely N-dealkylation sites (tertiary alicyclic amines) is 1. The number of piperidine rings is 1. The number of carbonyl (C=O) groups is 2. The number of H-pyrrole nitrogens is 1. The number of aromatic amines is 1. The highest BCUT2D eigenvalue weighted by Gasteiger charge is 2.48. The molecule has 2 aliphatic rings. The second-order valence-corrected chi connectivity index (χ2v) is 7.42. The molecule has 0 atom stereocenters. The number of nitrogens with one attached hydrogen (secondary N) is 1. The molecular formula is C20H25N5O2. The van der Waals surface area contributed by atoms with Crippen LogP contribution in [-0.2, 0) is 28.0 Å². The number of nitrogens with zero attached hydrogens (tertiary/aromatic N) is 4. The van der Waals surface area contributed by atoms with Gasteiger partial charge in [0, 0.05) is 57.5 Å². The van der Waals surface area contributed by atoms with Crippen LogP contribution in [0.1, 0.15) is 43.1 Å². The predicted molar refractivity (Wildman–Crippen MR) is 99.7 cm³/mol. The molecule has 0 unspecified atom stereocenters. The van der Waals surface area contributed by atoms with Crippen molar-refractivity contribution in [1.82, 2.24) is 24.8 Å². The fourth-order valence-electron chi connectivity index (χ4n) is 4.53. The molecule has 0 aliphatic carbocycles. The van der Waals surface area contributed by atoms with Crippen LogP contribution < -0.4 is 0 Å². The van der Waals surface area contributed by atoms with E-state index in [1.807, 2.05) is 28.1 Å². The van der Waals surface area contributed by atoms with Crippen LogP contribution in [0, 0.1) is 0 Å². The zero-order valence-electron chi connectivity index (χ0n) is 15.6. The number of carbonyl (C=O) groups excluding carboxylic acids is 2. The number of pyridine rings is 1. The van der Waals surface area contributed by atoms with Crippen LogP contribution in [0.25, 0.3) is 0 Å². The van der Waals surface area contributed by atoms with Crippen LogP contribution in [0.5, 0.6) is 0 Å². The maximum Gasteiger partial charge on any atom is 0.222 e. The molecular weight excluding hydrogens is 342 g/mol. The van der Waals surface area contributed by atoms with Crippen molar-refractivity contribution in [1.29, 1.82) is 0 Å². The Balaban J connectivity index is 1.44. The highest BCUT2D eigenvalue weighted by atomic mass is 16.2. The molecule has 1 spiro atoms. The molecule has 2 aromatic rings. The molecule has 7 nitrogen and oxygen atoms in total. The van der Waals surface area contributed by atoms with Crippen molar-refractivity contribution >= 4 is 11.8 Å². The minimum atomic E-state index is -0.375. The molecule has 0 aromatic carbocycles. The van der Waals surface area contributed by atoms with E-state index >= 15 is 0 Å². The third-order valence-corrected chi connectivity index (χ3v) is 5.93. The Kier molecular flexibility index (Phi) is 4.68. The van der Waals surface area contributed by atoms with Gasteiger partial charge in [0.2, 0.25) is 11.8 Å². The molecule has 2 aromatic heterocycles. The second kappa shape index (κ2) is 7.13. The Bertz CT molecular complexity index is 824. The molecule has 0 radical (unpaired) electrons. The summed E-state index contributed by atoms with van der Waals surface area (Å²) in [6.07, 6.45) is 8.76. The molecule has 7 heteroatoms. The van der Waals surface area contributed by atoms with Crippen LogP contribution in [-0.4, -0.2) is 56.2 Å². The molecule has 1 N–H and O–H groups in total. The van der Waals surface area contributed by atoms with Crippen molar-refractivity contribution in [2.75, 3.05) is 19.6 Å². The molecule has 4 heterocycles. The lowest BCUT2D eigenvalue weighted by atomic mass is 9.78. The van der Waals surface area contributed by atoms with Gasteiger partial charge >= 0.3 is 0 Å². The van der Waals surface area contributed by atoms with E-state index in [2.05, 4.69) is 15.0 Å².